The van der Waals surface area contributed by atoms with Crippen molar-refractivity contribution in [3.05, 3.63) is 46.3 Å². The Hall–Kier alpha value is -2.63. The van der Waals surface area contributed by atoms with Gasteiger partial charge < -0.3 is 4.90 Å². The van der Waals surface area contributed by atoms with Gasteiger partial charge in [0, 0.05) is 31.9 Å². The number of sulfone groups is 1. The van der Waals surface area contributed by atoms with Gasteiger partial charge in [-0.05, 0) is 43.4 Å². The Balaban J connectivity index is 1.83. The molecule has 0 aliphatic carbocycles. The number of alkyl halides is 3. The first kappa shape index (κ1) is 21.1. The molecule has 0 unspecified atom stereocenters. The quantitative estimate of drug-likeness (QED) is 0.530. The van der Waals surface area contributed by atoms with Gasteiger partial charge in [0.05, 0.1) is 16.0 Å². The molecule has 1 aromatic carbocycles. The van der Waals surface area contributed by atoms with Crippen LogP contribution in [0, 0.1) is 10.1 Å². The van der Waals surface area contributed by atoms with Crippen LogP contribution in [0.1, 0.15) is 31.2 Å². The van der Waals surface area contributed by atoms with E-state index in [2.05, 4.69) is 5.10 Å². The molecule has 158 valence electrons. The van der Waals surface area contributed by atoms with Gasteiger partial charge in [-0.2, -0.15) is 18.3 Å². The molecule has 0 saturated carbocycles. The van der Waals surface area contributed by atoms with E-state index in [9.17, 15) is 31.7 Å². The molecule has 8 nitrogen and oxygen atoms in total. The molecule has 0 atom stereocenters. The maximum Gasteiger partial charge on any atom is 0.501 e. The summed E-state index contributed by atoms with van der Waals surface area (Å²) >= 11 is 0. The average molecular weight is 432 g/mol. The van der Waals surface area contributed by atoms with Crippen LogP contribution in [0.2, 0.25) is 0 Å². The van der Waals surface area contributed by atoms with Gasteiger partial charge in [-0.3, -0.25) is 14.8 Å². The smallest absolute Gasteiger partial charge is 0.366 e. The zero-order valence-electron chi connectivity index (χ0n) is 15.5. The van der Waals surface area contributed by atoms with Crippen molar-refractivity contribution in [2.45, 2.75) is 42.6 Å². The summed E-state index contributed by atoms with van der Waals surface area (Å²) in [5, 5.41) is 15.6. The first-order valence-corrected chi connectivity index (χ1v) is 10.4. The zero-order chi connectivity index (χ0) is 21.4. The fourth-order valence-corrected chi connectivity index (χ4v) is 4.22. The van der Waals surface area contributed by atoms with Crippen molar-refractivity contribution >= 4 is 21.2 Å². The predicted molar refractivity (Wildman–Crippen MR) is 98.4 cm³/mol. The Morgan fingerprint density at radius 3 is 2.45 bits per heavy atom. The van der Waals surface area contributed by atoms with Crippen LogP contribution in [-0.2, 0) is 16.4 Å². The Labute approximate surface area is 165 Å². The van der Waals surface area contributed by atoms with Crippen molar-refractivity contribution in [1.29, 1.82) is 0 Å². The summed E-state index contributed by atoms with van der Waals surface area (Å²) in [6.45, 7) is 3.63. The Morgan fingerprint density at radius 2 is 1.93 bits per heavy atom. The van der Waals surface area contributed by atoms with Gasteiger partial charge in [0.15, 0.2) is 0 Å². The number of aromatic nitrogens is 2. The standard InChI is InChI=1S/C17H19F3N4O4S/c1-2-23-11-13(10-21-23)12-5-7-22(8-6-12)15-4-3-14(9-16(15)24(25)26)29(27,28)17(18,19)20/h3-4,9-12H,2,5-8H2,1H3. The summed E-state index contributed by atoms with van der Waals surface area (Å²) in [7, 11) is -5.66. The van der Waals surface area contributed by atoms with Crippen molar-refractivity contribution in [3.8, 4) is 0 Å². The van der Waals surface area contributed by atoms with E-state index >= 15 is 0 Å². The number of piperidine rings is 1. The second kappa shape index (κ2) is 7.65. The molecule has 1 saturated heterocycles. The Kier molecular flexibility index (Phi) is 5.57. The number of halogens is 3. The molecular weight excluding hydrogens is 413 g/mol. The summed E-state index contributed by atoms with van der Waals surface area (Å²) in [5.74, 6) is 0.232. The molecule has 0 radical (unpaired) electrons. The molecule has 2 heterocycles. The number of anilines is 1. The first-order valence-electron chi connectivity index (χ1n) is 8.91. The monoisotopic (exact) mass is 432 g/mol. The summed E-state index contributed by atoms with van der Waals surface area (Å²) in [4.78, 5) is 11.1. The summed E-state index contributed by atoms with van der Waals surface area (Å²) in [6, 6.07) is 2.32. The summed E-state index contributed by atoms with van der Waals surface area (Å²) in [6.07, 6.45) is 5.13. The van der Waals surface area contributed by atoms with Gasteiger partial charge in [0.1, 0.15) is 5.69 Å². The number of hydrogen-bond acceptors (Lipinski definition) is 6. The van der Waals surface area contributed by atoms with Gasteiger partial charge in [-0.1, -0.05) is 0 Å². The number of nitrogens with zero attached hydrogens (tertiary/aromatic N) is 4. The predicted octanol–water partition coefficient (Wildman–Crippen LogP) is 3.49. The second-order valence-corrected chi connectivity index (χ2v) is 8.69. The minimum Gasteiger partial charge on any atom is -0.366 e. The van der Waals surface area contributed by atoms with Crippen molar-refractivity contribution in [2.75, 3.05) is 18.0 Å². The molecule has 0 bridgehead atoms. The van der Waals surface area contributed by atoms with Crippen LogP contribution in [0.15, 0.2) is 35.5 Å². The van der Waals surface area contributed by atoms with Gasteiger partial charge in [-0.15, -0.1) is 0 Å². The highest BCUT2D eigenvalue weighted by Crippen LogP contribution is 2.38. The van der Waals surface area contributed by atoms with Crippen LogP contribution in [0.3, 0.4) is 0 Å². The van der Waals surface area contributed by atoms with Gasteiger partial charge in [0.25, 0.3) is 15.5 Å². The molecular formula is C17H19F3N4O4S. The number of hydrogen-bond donors (Lipinski definition) is 0. The molecule has 29 heavy (non-hydrogen) atoms. The number of benzene rings is 1. The number of rotatable bonds is 5. The fraction of sp³-hybridized carbons (Fsp3) is 0.471. The average Bonchev–Trinajstić information content (AvgIpc) is 3.16. The molecule has 3 rings (SSSR count). The van der Waals surface area contributed by atoms with E-state index in [1.165, 1.54) is 0 Å². The molecule has 12 heteroatoms. The zero-order valence-corrected chi connectivity index (χ0v) is 16.3. The molecule has 2 aromatic rings. The molecule has 0 spiro atoms. The van der Waals surface area contributed by atoms with Crippen molar-refractivity contribution in [2.24, 2.45) is 0 Å². The topological polar surface area (TPSA) is 98.3 Å². The van der Waals surface area contributed by atoms with Crippen molar-refractivity contribution in [3.63, 3.8) is 0 Å². The van der Waals surface area contributed by atoms with E-state index in [0.717, 1.165) is 24.2 Å². The van der Waals surface area contributed by atoms with Gasteiger partial charge >= 0.3 is 5.51 Å². The molecule has 1 aliphatic heterocycles. The van der Waals surface area contributed by atoms with E-state index < -0.39 is 30.9 Å². The van der Waals surface area contributed by atoms with Crippen LogP contribution >= 0.6 is 0 Å². The van der Waals surface area contributed by atoms with E-state index in [1.54, 1.807) is 11.1 Å². The lowest BCUT2D eigenvalue weighted by Gasteiger charge is -2.33. The number of nitro benzene ring substituents is 1. The van der Waals surface area contributed by atoms with Crippen LogP contribution in [0.5, 0.6) is 0 Å². The van der Waals surface area contributed by atoms with Crippen molar-refractivity contribution < 1.29 is 26.5 Å². The highest BCUT2D eigenvalue weighted by Gasteiger charge is 2.47. The largest absolute Gasteiger partial charge is 0.501 e. The first-order chi connectivity index (χ1) is 13.5. The third-order valence-corrected chi connectivity index (χ3v) is 6.53. The van der Waals surface area contributed by atoms with Gasteiger partial charge in [-0.25, -0.2) is 8.42 Å². The minimum absolute atomic E-state index is 0.110. The number of aryl methyl sites for hydroxylation is 1. The number of nitro groups is 1. The fourth-order valence-electron chi connectivity index (χ4n) is 3.43. The highest BCUT2D eigenvalue weighted by atomic mass is 32.2. The van der Waals surface area contributed by atoms with E-state index in [0.29, 0.717) is 32.0 Å². The summed E-state index contributed by atoms with van der Waals surface area (Å²) < 4.78 is 63.3. The van der Waals surface area contributed by atoms with Crippen LogP contribution in [0.4, 0.5) is 24.5 Å². The third-order valence-electron chi connectivity index (χ3n) is 5.04. The maximum atomic E-state index is 12.8. The molecule has 0 amide bonds. The van der Waals surface area contributed by atoms with E-state index in [1.807, 2.05) is 17.8 Å². The highest BCUT2D eigenvalue weighted by molar-refractivity contribution is 7.92. The Morgan fingerprint density at radius 1 is 1.28 bits per heavy atom. The van der Waals surface area contributed by atoms with Crippen LogP contribution in [-0.4, -0.2) is 41.7 Å². The van der Waals surface area contributed by atoms with E-state index in [-0.39, 0.29) is 11.6 Å². The molecule has 1 aliphatic rings. The van der Waals surface area contributed by atoms with Crippen LogP contribution in [0.25, 0.3) is 0 Å². The molecule has 0 N–H and O–H groups in total. The maximum absolute atomic E-state index is 12.8. The second-order valence-electron chi connectivity index (χ2n) is 6.75. The SMILES string of the molecule is CCn1cc(C2CCN(c3ccc(S(=O)(=O)C(F)(F)F)cc3[N+](=O)[O-])CC2)cn1. The summed E-state index contributed by atoms with van der Waals surface area (Å²) in [5.41, 5.74) is -5.00. The van der Waals surface area contributed by atoms with E-state index in [4.69, 9.17) is 0 Å². The third kappa shape index (κ3) is 4.07. The lowest BCUT2D eigenvalue weighted by atomic mass is 9.91. The lowest BCUT2D eigenvalue weighted by molar-refractivity contribution is -0.384. The minimum atomic E-state index is -5.66. The molecule has 1 aromatic heterocycles. The Bertz CT molecular complexity index is 1010. The van der Waals surface area contributed by atoms with Crippen LogP contribution < -0.4 is 4.90 Å². The van der Waals surface area contributed by atoms with Crippen molar-refractivity contribution in [1.82, 2.24) is 9.78 Å². The van der Waals surface area contributed by atoms with Gasteiger partial charge in [0.2, 0.25) is 0 Å². The lowest BCUT2D eigenvalue weighted by Crippen LogP contribution is -2.33. The normalized spacial score (nSPS) is 16.2. The molecule has 1 fully saturated rings.